The van der Waals surface area contributed by atoms with Crippen LogP contribution in [0.2, 0.25) is 0 Å². The van der Waals surface area contributed by atoms with Gasteiger partial charge in [0.1, 0.15) is 5.82 Å². The summed E-state index contributed by atoms with van der Waals surface area (Å²) in [5.41, 5.74) is -0.383. The van der Waals surface area contributed by atoms with E-state index in [2.05, 4.69) is 5.32 Å². The average Bonchev–Trinajstić information content (AvgIpc) is 2.38. The summed E-state index contributed by atoms with van der Waals surface area (Å²) in [7, 11) is 0. The minimum absolute atomic E-state index is 0.254. The highest BCUT2D eigenvalue weighted by molar-refractivity contribution is 7.99. The van der Waals surface area contributed by atoms with Crippen LogP contribution in [0.5, 0.6) is 0 Å². The van der Waals surface area contributed by atoms with Gasteiger partial charge < -0.3 is 10.4 Å². The lowest BCUT2D eigenvalue weighted by Crippen LogP contribution is -2.45. The minimum Gasteiger partial charge on any atom is -0.388 e. The van der Waals surface area contributed by atoms with Crippen molar-refractivity contribution in [1.82, 2.24) is 5.32 Å². The van der Waals surface area contributed by atoms with Gasteiger partial charge in [-0.15, -0.1) is 0 Å². The number of amides is 1. The zero-order valence-electron chi connectivity index (χ0n) is 9.99. The third-order valence-electron chi connectivity index (χ3n) is 3.11. The lowest BCUT2D eigenvalue weighted by atomic mass is 9.97. The number of carbonyl (C=O) groups is 1. The lowest BCUT2D eigenvalue weighted by molar-refractivity contribution is 0.0311. The summed E-state index contributed by atoms with van der Waals surface area (Å²) in [5, 5.41) is 12.9. The molecule has 1 aliphatic rings. The van der Waals surface area contributed by atoms with Crippen molar-refractivity contribution in [3.63, 3.8) is 0 Å². The van der Waals surface area contributed by atoms with Gasteiger partial charge in [0.05, 0.1) is 5.60 Å². The first kappa shape index (κ1) is 13.4. The second kappa shape index (κ2) is 5.71. The third kappa shape index (κ3) is 3.46. The summed E-state index contributed by atoms with van der Waals surface area (Å²) in [6, 6.07) is 5.37. The molecule has 0 radical (unpaired) electrons. The zero-order chi connectivity index (χ0) is 13.0. The molecule has 5 heteroatoms. The summed E-state index contributed by atoms with van der Waals surface area (Å²) in [4.78, 5) is 11.8. The predicted octanol–water partition coefficient (Wildman–Crippen LogP) is 1.81. The number of thioether (sulfide) groups is 1. The van der Waals surface area contributed by atoms with Crippen molar-refractivity contribution in [3.8, 4) is 0 Å². The monoisotopic (exact) mass is 269 g/mol. The van der Waals surface area contributed by atoms with Crippen LogP contribution in [0.1, 0.15) is 23.2 Å². The molecule has 0 bridgehead atoms. The van der Waals surface area contributed by atoms with Gasteiger partial charge in [-0.3, -0.25) is 4.79 Å². The molecule has 18 heavy (non-hydrogen) atoms. The van der Waals surface area contributed by atoms with Gasteiger partial charge >= 0.3 is 0 Å². The second-order valence-electron chi connectivity index (χ2n) is 4.53. The van der Waals surface area contributed by atoms with E-state index < -0.39 is 5.60 Å². The topological polar surface area (TPSA) is 49.3 Å². The molecule has 0 unspecified atom stereocenters. The molecule has 0 saturated carbocycles. The fourth-order valence-corrected chi connectivity index (χ4v) is 3.13. The van der Waals surface area contributed by atoms with Crippen LogP contribution in [-0.2, 0) is 0 Å². The maximum Gasteiger partial charge on any atom is 0.251 e. The molecule has 1 heterocycles. The van der Waals surface area contributed by atoms with Gasteiger partial charge in [0.2, 0.25) is 0 Å². The van der Waals surface area contributed by atoms with Crippen LogP contribution in [0.15, 0.2) is 24.3 Å². The van der Waals surface area contributed by atoms with E-state index in [4.69, 9.17) is 0 Å². The third-order valence-corrected chi connectivity index (χ3v) is 4.09. The first-order chi connectivity index (χ1) is 8.59. The molecule has 1 aromatic carbocycles. The zero-order valence-corrected chi connectivity index (χ0v) is 10.8. The van der Waals surface area contributed by atoms with Crippen LogP contribution in [-0.4, -0.2) is 34.7 Å². The quantitative estimate of drug-likeness (QED) is 0.880. The number of benzene rings is 1. The van der Waals surface area contributed by atoms with Gasteiger partial charge in [-0.1, -0.05) is 0 Å². The molecule has 0 aliphatic carbocycles. The van der Waals surface area contributed by atoms with Crippen LogP contribution in [0.3, 0.4) is 0 Å². The SMILES string of the molecule is O=C(NCC1(O)CCSCC1)c1ccc(F)cc1. The Morgan fingerprint density at radius 2 is 1.94 bits per heavy atom. The van der Waals surface area contributed by atoms with Gasteiger partial charge in [-0.25, -0.2) is 4.39 Å². The summed E-state index contributed by atoms with van der Waals surface area (Å²) < 4.78 is 12.7. The molecular weight excluding hydrogens is 253 g/mol. The van der Waals surface area contributed by atoms with E-state index in [-0.39, 0.29) is 18.3 Å². The molecule has 0 spiro atoms. The van der Waals surface area contributed by atoms with Crippen molar-refractivity contribution in [3.05, 3.63) is 35.6 Å². The normalized spacial score (nSPS) is 18.3. The van der Waals surface area contributed by atoms with E-state index in [1.165, 1.54) is 24.3 Å². The van der Waals surface area contributed by atoms with Crippen molar-refractivity contribution >= 4 is 17.7 Å². The average molecular weight is 269 g/mol. The van der Waals surface area contributed by atoms with Gasteiger partial charge in [-0.2, -0.15) is 11.8 Å². The number of aliphatic hydroxyl groups is 1. The molecule has 1 amide bonds. The smallest absolute Gasteiger partial charge is 0.251 e. The largest absolute Gasteiger partial charge is 0.388 e. The first-order valence-electron chi connectivity index (χ1n) is 5.93. The lowest BCUT2D eigenvalue weighted by Gasteiger charge is -2.31. The van der Waals surface area contributed by atoms with Gasteiger partial charge in [0.15, 0.2) is 0 Å². The number of carbonyl (C=O) groups excluding carboxylic acids is 1. The van der Waals surface area contributed by atoms with E-state index in [0.717, 1.165) is 11.5 Å². The number of rotatable bonds is 3. The maximum atomic E-state index is 12.7. The van der Waals surface area contributed by atoms with Crippen molar-refractivity contribution in [2.75, 3.05) is 18.1 Å². The molecule has 98 valence electrons. The molecular formula is C13H16FNO2S. The van der Waals surface area contributed by atoms with E-state index in [0.29, 0.717) is 18.4 Å². The van der Waals surface area contributed by atoms with E-state index in [9.17, 15) is 14.3 Å². The highest BCUT2D eigenvalue weighted by atomic mass is 32.2. The summed E-state index contributed by atoms with van der Waals surface area (Å²) >= 11 is 1.82. The van der Waals surface area contributed by atoms with Crippen LogP contribution in [0.25, 0.3) is 0 Å². The summed E-state index contributed by atoms with van der Waals surface area (Å²) in [5.74, 6) is 1.20. The predicted molar refractivity (Wildman–Crippen MR) is 70.2 cm³/mol. The van der Waals surface area contributed by atoms with Gasteiger partial charge in [-0.05, 0) is 48.6 Å². The van der Waals surface area contributed by atoms with Crippen molar-refractivity contribution in [2.24, 2.45) is 0 Å². The molecule has 3 nitrogen and oxygen atoms in total. The van der Waals surface area contributed by atoms with Crippen molar-refractivity contribution < 1.29 is 14.3 Å². The Bertz CT molecular complexity index is 416. The number of hydrogen-bond donors (Lipinski definition) is 2. The molecule has 0 aromatic heterocycles. The molecule has 2 N–H and O–H groups in total. The molecule has 1 aromatic rings. The van der Waals surface area contributed by atoms with Crippen LogP contribution in [0, 0.1) is 5.82 Å². The van der Waals surface area contributed by atoms with E-state index in [1.807, 2.05) is 11.8 Å². The van der Waals surface area contributed by atoms with Crippen molar-refractivity contribution in [2.45, 2.75) is 18.4 Å². The highest BCUT2D eigenvalue weighted by Crippen LogP contribution is 2.26. The second-order valence-corrected chi connectivity index (χ2v) is 5.75. The van der Waals surface area contributed by atoms with Gasteiger partial charge in [0, 0.05) is 12.1 Å². The summed E-state index contributed by atoms with van der Waals surface area (Å²) in [6.45, 7) is 0.254. The highest BCUT2D eigenvalue weighted by Gasteiger charge is 2.29. The van der Waals surface area contributed by atoms with E-state index in [1.54, 1.807) is 0 Å². The maximum absolute atomic E-state index is 12.7. The first-order valence-corrected chi connectivity index (χ1v) is 7.08. The Kier molecular flexibility index (Phi) is 4.24. The standard InChI is InChI=1S/C13H16FNO2S/c14-11-3-1-10(2-4-11)12(16)15-9-13(17)5-7-18-8-6-13/h1-4,17H,5-9H2,(H,15,16). The van der Waals surface area contributed by atoms with Crippen molar-refractivity contribution in [1.29, 1.82) is 0 Å². The fraction of sp³-hybridized carbons (Fsp3) is 0.462. The number of hydrogen-bond acceptors (Lipinski definition) is 3. The van der Waals surface area contributed by atoms with Crippen LogP contribution in [0.4, 0.5) is 4.39 Å². The molecule has 1 saturated heterocycles. The Balaban J connectivity index is 1.89. The minimum atomic E-state index is -0.791. The van der Waals surface area contributed by atoms with E-state index >= 15 is 0 Å². The Labute approximate surface area is 110 Å². The van der Waals surface area contributed by atoms with Crippen LogP contribution >= 0.6 is 11.8 Å². The Morgan fingerprint density at radius 1 is 1.33 bits per heavy atom. The summed E-state index contributed by atoms with van der Waals surface area (Å²) in [6.07, 6.45) is 1.39. The molecule has 1 fully saturated rings. The molecule has 0 atom stereocenters. The Hall–Kier alpha value is -1.07. The number of nitrogens with one attached hydrogen (secondary N) is 1. The molecule has 2 rings (SSSR count). The number of halogens is 1. The van der Waals surface area contributed by atoms with Crippen LogP contribution < -0.4 is 5.32 Å². The van der Waals surface area contributed by atoms with Gasteiger partial charge in [0.25, 0.3) is 5.91 Å². The Morgan fingerprint density at radius 3 is 2.56 bits per heavy atom. The molecule has 1 aliphatic heterocycles. The fourth-order valence-electron chi connectivity index (χ4n) is 1.88.